The Labute approximate surface area is 245 Å². The van der Waals surface area contributed by atoms with E-state index in [4.69, 9.17) is 9.47 Å². The van der Waals surface area contributed by atoms with Gasteiger partial charge in [-0.1, -0.05) is 24.3 Å². The van der Waals surface area contributed by atoms with Gasteiger partial charge in [0.2, 0.25) is 12.7 Å². The number of para-hydroxylation sites is 1. The third-order valence-corrected chi connectivity index (χ3v) is 8.18. The number of amides is 3. The molecule has 6 rings (SSSR count). The molecule has 3 aliphatic rings. The number of hydrogen-bond donors (Lipinski definition) is 1. The smallest absolute Gasteiger partial charge is 0.416 e. The van der Waals surface area contributed by atoms with Crippen LogP contribution in [0.25, 0.3) is 0 Å². The van der Waals surface area contributed by atoms with Crippen LogP contribution in [-0.4, -0.2) is 66.2 Å². The molecule has 0 aliphatic carbocycles. The summed E-state index contributed by atoms with van der Waals surface area (Å²) in [6.45, 7) is 0.947. The average molecular weight is 595 g/mol. The van der Waals surface area contributed by atoms with Crippen LogP contribution in [0.15, 0.2) is 72.8 Å². The zero-order valence-corrected chi connectivity index (χ0v) is 23.1. The van der Waals surface area contributed by atoms with E-state index in [1.54, 1.807) is 17.0 Å². The van der Waals surface area contributed by atoms with Crippen molar-refractivity contribution in [2.24, 2.45) is 0 Å². The lowest BCUT2D eigenvalue weighted by molar-refractivity contribution is -0.137. The second-order valence-corrected chi connectivity index (χ2v) is 10.8. The summed E-state index contributed by atoms with van der Waals surface area (Å²) in [6.07, 6.45) is -3.87. The molecule has 1 spiro atoms. The van der Waals surface area contributed by atoms with Crippen LogP contribution in [-0.2, 0) is 22.3 Å². The van der Waals surface area contributed by atoms with Gasteiger partial charge in [-0.3, -0.25) is 14.4 Å². The number of hydrogen-bond acceptors (Lipinski definition) is 6. The van der Waals surface area contributed by atoms with E-state index in [2.05, 4.69) is 5.32 Å². The molecule has 0 saturated carbocycles. The Bertz CT molecular complexity index is 1520. The van der Waals surface area contributed by atoms with Crippen molar-refractivity contribution in [3.63, 3.8) is 0 Å². The molecule has 2 saturated heterocycles. The summed E-state index contributed by atoms with van der Waals surface area (Å²) in [6, 6.07) is 19.0. The lowest BCUT2D eigenvalue weighted by Gasteiger charge is -2.43. The summed E-state index contributed by atoms with van der Waals surface area (Å²) >= 11 is 0. The molecular weight excluding hydrogens is 565 g/mol. The summed E-state index contributed by atoms with van der Waals surface area (Å²) in [5.74, 6) is 0.364. The molecule has 224 valence electrons. The van der Waals surface area contributed by atoms with E-state index < -0.39 is 17.3 Å². The number of benzene rings is 3. The molecule has 3 aliphatic heterocycles. The minimum absolute atomic E-state index is 0.136. The van der Waals surface area contributed by atoms with Crippen LogP contribution in [0.3, 0.4) is 0 Å². The van der Waals surface area contributed by atoms with Gasteiger partial charge in [-0.05, 0) is 66.9 Å². The molecule has 0 bridgehead atoms. The molecule has 3 heterocycles. The average Bonchev–Trinajstić information content (AvgIpc) is 3.59. The maximum absolute atomic E-state index is 13.9. The summed E-state index contributed by atoms with van der Waals surface area (Å²) in [7, 11) is 0. The number of nitrogens with one attached hydrogen (secondary N) is 1. The zero-order valence-electron chi connectivity index (χ0n) is 23.1. The molecule has 0 atom stereocenters. The number of fused-ring (bicyclic) bond motifs is 1. The Morgan fingerprint density at radius 2 is 1.60 bits per heavy atom. The predicted octanol–water partition coefficient (Wildman–Crippen LogP) is 4.03. The Hall–Kier alpha value is -4.74. The number of nitrogens with zero attached hydrogens (tertiary/aromatic N) is 3. The van der Waals surface area contributed by atoms with E-state index >= 15 is 0 Å². The Kier molecular flexibility index (Phi) is 7.37. The lowest BCUT2D eigenvalue weighted by atomic mass is 9.85. The Morgan fingerprint density at radius 1 is 0.907 bits per heavy atom. The largest absolute Gasteiger partial charge is 0.454 e. The SMILES string of the molecule is O=C(CN1CN(c2ccccc2)C2(CCN(C(=O)c3ccc(C(F)(F)F)cc3)CC2)C1=O)NCc1ccc2c(c1)OCO2. The fourth-order valence-electron chi connectivity index (χ4n) is 5.87. The normalized spacial score (nSPS) is 17.5. The molecular formula is C31H29F3N4O5. The Balaban J connectivity index is 1.13. The van der Waals surface area contributed by atoms with Crippen molar-refractivity contribution in [2.45, 2.75) is 31.1 Å². The van der Waals surface area contributed by atoms with Crippen LogP contribution < -0.4 is 19.7 Å². The van der Waals surface area contributed by atoms with Gasteiger partial charge in [0, 0.05) is 30.9 Å². The summed E-state index contributed by atoms with van der Waals surface area (Å²) in [5.41, 5.74) is 0.0223. The molecule has 9 nitrogen and oxygen atoms in total. The summed E-state index contributed by atoms with van der Waals surface area (Å²) in [4.78, 5) is 45.1. The van der Waals surface area contributed by atoms with Gasteiger partial charge in [0.1, 0.15) is 12.1 Å². The van der Waals surface area contributed by atoms with Crippen LogP contribution in [0, 0.1) is 0 Å². The number of likely N-dealkylation sites (tertiary alicyclic amines) is 1. The van der Waals surface area contributed by atoms with Crippen molar-refractivity contribution < 1.29 is 37.0 Å². The van der Waals surface area contributed by atoms with E-state index in [0.29, 0.717) is 24.3 Å². The topological polar surface area (TPSA) is 91.4 Å². The lowest BCUT2D eigenvalue weighted by Crippen LogP contribution is -2.57. The van der Waals surface area contributed by atoms with E-state index in [0.717, 1.165) is 23.4 Å². The van der Waals surface area contributed by atoms with Crippen molar-refractivity contribution in [3.8, 4) is 11.5 Å². The van der Waals surface area contributed by atoms with E-state index in [1.165, 1.54) is 17.0 Å². The van der Waals surface area contributed by atoms with Gasteiger partial charge in [0.15, 0.2) is 11.5 Å². The van der Waals surface area contributed by atoms with Gasteiger partial charge in [0.25, 0.3) is 11.8 Å². The van der Waals surface area contributed by atoms with Crippen LogP contribution in [0.4, 0.5) is 18.9 Å². The maximum Gasteiger partial charge on any atom is 0.416 e. The van der Waals surface area contributed by atoms with Crippen molar-refractivity contribution in [1.82, 2.24) is 15.1 Å². The fraction of sp³-hybridized carbons (Fsp3) is 0.323. The molecule has 1 N–H and O–H groups in total. The van der Waals surface area contributed by atoms with Gasteiger partial charge in [-0.15, -0.1) is 0 Å². The number of carbonyl (C=O) groups is 3. The second kappa shape index (κ2) is 11.2. The minimum Gasteiger partial charge on any atom is -0.454 e. The van der Waals surface area contributed by atoms with Crippen LogP contribution in [0.2, 0.25) is 0 Å². The van der Waals surface area contributed by atoms with E-state index in [9.17, 15) is 27.6 Å². The number of carbonyl (C=O) groups excluding carboxylic acids is 3. The van der Waals surface area contributed by atoms with Crippen molar-refractivity contribution in [2.75, 3.05) is 38.0 Å². The highest BCUT2D eigenvalue weighted by Crippen LogP contribution is 2.40. The molecule has 43 heavy (non-hydrogen) atoms. The molecule has 3 amide bonds. The first-order valence-electron chi connectivity index (χ1n) is 13.9. The highest BCUT2D eigenvalue weighted by Gasteiger charge is 2.54. The highest BCUT2D eigenvalue weighted by atomic mass is 19.4. The monoisotopic (exact) mass is 594 g/mol. The zero-order chi connectivity index (χ0) is 30.2. The second-order valence-electron chi connectivity index (χ2n) is 10.8. The molecule has 0 aromatic heterocycles. The van der Waals surface area contributed by atoms with E-state index in [-0.39, 0.29) is 62.9 Å². The fourth-order valence-corrected chi connectivity index (χ4v) is 5.87. The maximum atomic E-state index is 13.9. The Morgan fingerprint density at radius 3 is 2.30 bits per heavy atom. The van der Waals surface area contributed by atoms with E-state index in [1.807, 2.05) is 41.3 Å². The first-order valence-corrected chi connectivity index (χ1v) is 13.9. The van der Waals surface area contributed by atoms with Crippen molar-refractivity contribution in [1.29, 1.82) is 0 Å². The third kappa shape index (κ3) is 5.56. The molecule has 3 aromatic carbocycles. The first kappa shape index (κ1) is 28.4. The number of halogens is 3. The molecule has 0 unspecified atom stereocenters. The van der Waals surface area contributed by atoms with Gasteiger partial charge < -0.3 is 29.5 Å². The van der Waals surface area contributed by atoms with Gasteiger partial charge >= 0.3 is 6.18 Å². The standard InChI is InChI=1S/C31H29F3N4O5/c32-31(33,34)23-9-7-22(8-10-23)28(40)36-14-12-30(13-15-36)29(41)37(19-38(30)24-4-2-1-3-5-24)18-27(39)35-17-21-6-11-25-26(16-21)43-20-42-25/h1-11,16H,12-15,17-20H2,(H,35,39). The molecule has 12 heteroatoms. The number of alkyl halides is 3. The van der Waals surface area contributed by atoms with Crippen molar-refractivity contribution in [3.05, 3.63) is 89.5 Å². The number of anilines is 1. The number of piperidine rings is 1. The number of rotatable bonds is 6. The van der Waals surface area contributed by atoms with Gasteiger partial charge in [0.05, 0.1) is 12.2 Å². The number of ether oxygens (including phenoxy) is 2. The summed E-state index contributed by atoms with van der Waals surface area (Å²) < 4.78 is 49.6. The molecule has 3 aromatic rings. The molecule has 0 radical (unpaired) electrons. The first-order chi connectivity index (χ1) is 20.6. The van der Waals surface area contributed by atoms with Crippen LogP contribution >= 0.6 is 0 Å². The van der Waals surface area contributed by atoms with Crippen LogP contribution in [0.1, 0.15) is 34.3 Å². The van der Waals surface area contributed by atoms with Gasteiger partial charge in [-0.2, -0.15) is 13.2 Å². The minimum atomic E-state index is -4.49. The molecule has 2 fully saturated rings. The summed E-state index contributed by atoms with van der Waals surface area (Å²) in [5, 5.41) is 2.87. The third-order valence-electron chi connectivity index (χ3n) is 8.18. The highest BCUT2D eigenvalue weighted by molar-refractivity contribution is 5.97. The van der Waals surface area contributed by atoms with Crippen LogP contribution in [0.5, 0.6) is 11.5 Å². The van der Waals surface area contributed by atoms with Gasteiger partial charge in [-0.25, -0.2) is 0 Å². The quantitative estimate of drug-likeness (QED) is 0.464. The predicted molar refractivity (Wildman–Crippen MR) is 149 cm³/mol. The van der Waals surface area contributed by atoms with Crippen molar-refractivity contribution >= 4 is 23.4 Å².